The largest absolute Gasteiger partial charge is 0.481 e. The van der Waals surface area contributed by atoms with E-state index < -0.39 is 18.3 Å². The van der Waals surface area contributed by atoms with Crippen molar-refractivity contribution in [2.45, 2.75) is 19.8 Å². The lowest BCUT2D eigenvalue weighted by atomic mass is 10.3. The van der Waals surface area contributed by atoms with Gasteiger partial charge in [0.05, 0.1) is 12.5 Å². The van der Waals surface area contributed by atoms with E-state index >= 15 is 0 Å². The summed E-state index contributed by atoms with van der Waals surface area (Å²) in [6, 6.07) is 1.90. The van der Waals surface area contributed by atoms with Crippen molar-refractivity contribution in [3.8, 4) is 6.07 Å². The molecule has 1 amide bonds. The fourth-order valence-corrected chi connectivity index (χ4v) is 0.885. The summed E-state index contributed by atoms with van der Waals surface area (Å²) in [5.74, 6) is -1.58. The van der Waals surface area contributed by atoms with Crippen LogP contribution in [0.25, 0.3) is 0 Å². The van der Waals surface area contributed by atoms with Crippen LogP contribution in [0.3, 0.4) is 0 Å². The van der Waals surface area contributed by atoms with Crippen LogP contribution in [-0.2, 0) is 9.59 Å². The van der Waals surface area contributed by atoms with E-state index in [1.165, 1.54) is 4.90 Å². The van der Waals surface area contributed by atoms with Crippen LogP contribution >= 0.6 is 0 Å². The molecule has 0 fully saturated rings. The van der Waals surface area contributed by atoms with Gasteiger partial charge in [0.15, 0.2) is 0 Å². The summed E-state index contributed by atoms with van der Waals surface area (Å²) >= 11 is 0. The van der Waals surface area contributed by atoms with E-state index in [0.29, 0.717) is 13.1 Å². The normalized spacial score (nSPS) is 8.92. The van der Waals surface area contributed by atoms with Crippen LogP contribution in [0.5, 0.6) is 0 Å². The summed E-state index contributed by atoms with van der Waals surface area (Å²) in [7, 11) is 0. The number of rotatable bonds is 5. The van der Waals surface area contributed by atoms with Crippen molar-refractivity contribution in [3.63, 3.8) is 0 Å². The molecule has 0 bridgehead atoms. The number of carbonyl (C=O) groups excluding carboxylic acids is 1. The van der Waals surface area contributed by atoms with Gasteiger partial charge in [0.25, 0.3) is 0 Å². The van der Waals surface area contributed by atoms with Crippen molar-refractivity contribution < 1.29 is 14.7 Å². The van der Waals surface area contributed by atoms with E-state index in [-0.39, 0.29) is 6.42 Å². The number of aliphatic carboxylic acids is 1. The van der Waals surface area contributed by atoms with Crippen molar-refractivity contribution >= 4 is 11.9 Å². The summed E-state index contributed by atoms with van der Waals surface area (Å²) in [5.41, 5.74) is 0. The summed E-state index contributed by atoms with van der Waals surface area (Å²) in [5, 5.41) is 16.6. The van der Waals surface area contributed by atoms with Crippen LogP contribution in [0.1, 0.15) is 19.8 Å². The van der Waals surface area contributed by atoms with Gasteiger partial charge < -0.3 is 10.0 Å². The predicted molar refractivity (Wildman–Crippen MR) is 44.7 cm³/mol. The summed E-state index contributed by atoms with van der Waals surface area (Å²) < 4.78 is 0. The molecule has 0 heterocycles. The third kappa shape index (κ3) is 4.80. The van der Waals surface area contributed by atoms with Crippen molar-refractivity contribution in [1.82, 2.24) is 4.90 Å². The van der Waals surface area contributed by atoms with Crippen LogP contribution in [0.2, 0.25) is 0 Å². The quantitative estimate of drug-likeness (QED) is 0.620. The molecule has 0 aromatic heterocycles. The number of carbonyl (C=O) groups is 2. The number of hydrogen-bond donors (Lipinski definition) is 1. The van der Waals surface area contributed by atoms with Crippen molar-refractivity contribution in [2.75, 3.05) is 13.1 Å². The lowest BCUT2D eigenvalue weighted by Gasteiger charge is -2.17. The molecule has 5 heteroatoms. The minimum absolute atomic E-state index is 0.235. The molecule has 0 aliphatic heterocycles. The van der Waals surface area contributed by atoms with Crippen molar-refractivity contribution in [3.05, 3.63) is 0 Å². The Kier molecular flexibility index (Phi) is 5.28. The summed E-state index contributed by atoms with van der Waals surface area (Å²) in [6.07, 6.45) is -0.265. The SMILES string of the molecule is CCN(CCC#N)C(=O)CC(=O)O. The average molecular weight is 184 g/mol. The molecule has 0 aliphatic carbocycles. The highest BCUT2D eigenvalue weighted by Gasteiger charge is 2.14. The average Bonchev–Trinajstić information content (AvgIpc) is 2.04. The molecule has 0 radical (unpaired) electrons. The highest BCUT2D eigenvalue weighted by Crippen LogP contribution is 1.95. The third-order valence-corrected chi connectivity index (χ3v) is 1.53. The molecule has 0 aromatic carbocycles. The molecule has 0 atom stereocenters. The first-order chi connectivity index (χ1) is 6.11. The van der Waals surface area contributed by atoms with E-state index in [4.69, 9.17) is 10.4 Å². The number of amides is 1. The molecule has 0 unspecified atom stereocenters. The van der Waals surface area contributed by atoms with Gasteiger partial charge in [-0.25, -0.2) is 0 Å². The molecule has 0 spiro atoms. The number of nitriles is 1. The maximum atomic E-state index is 11.1. The topological polar surface area (TPSA) is 81.4 Å². The van der Waals surface area contributed by atoms with E-state index in [2.05, 4.69) is 0 Å². The Balaban J connectivity index is 4.00. The Morgan fingerprint density at radius 2 is 2.15 bits per heavy atom. The first-order valence-corrected chi connectivity index (χ1v) is 3.98. The van der Waals surface area contributed by atoms with Gasteiger partial charge in [-0.15, -0.1) is 0 Å². The van der Waals surface area contributed by atoms with Gasteiger partial charge in [0, 0.05) is 13.1 Å². The zero-order valence-corrected chi connectivity index (χ0v) is 7.49. The Bertz CT molecular complexity index is 232. The highest BCUT2D eigenvalue weighted by atomic mass is 16.4. The zero-order valence-electron chi connectivity index (χ0n) is 7.49. The Hall–Kier alpha value is -1.57. The van der Waals surface area contributed by atoms with Crippen LogP contribution in [-0.4, -0.2) is 35.0 Å². The molecule has 1 N–H and O–H groups in total. The number of hydrogen-bond acceptors (Lipinski definition) is 3. The van der Waals surface area contributed by atoms with E-state index in [9.17, 15) is 9.59 Å². The molecule has 0 saturated heterocycles. The number of carboxylic acid groups (broad SMARTS) is 1. The van der Waals surface area contributed by atoms with Crippen LogP contribution < -0.4 is 0 Å². The van der Waals surface area contributed by atoms with E-state index in [0.717, 1.165) is 0 Å². The highest BCUT2D eigenvalue weighted by molar-refractivity contribution is 5.93. The second-order valence-corrected chi connectivity index (χ2v) is 2.45. The molecule has 13 heavy (non-hydrogen) atoms. The molecule has 0 aliphatic rings. The monoisotopic (exact) mass is 184 g/mol. The molecule has 5 nitrogen and oxygen atoms in total. The number of nitrogens with zero attached hydrogens (tertiary/aromatic N) is 2. The summed E-state index contributed by atoms with van der Waals surface area (Å²) in [4.78, 5) is 22.7. The molecule has 0 saturated carbocycles. The third-order valence-electron chi connectivity index (χ3n) is 1.53. The Labute approximate surface area is 76.6 Å². The van der Waals surface area contributed by atoms with Gasteiger partial charge >= 0.3 is 5.97 Å². The lowest BCUT2D eigenvalue weighted by Crippen LogP contribution is -2.32. The van der Waals surface area contributed by atoms with Crippen LogP contribution in [0.15, 0.2) is 0 Å². The molecular formula is C8H12N2O3. The molecule has 0 aromatic rings. The second kappa shape index (κ2) is 6.00. The van der Waals surface area contributed by atoms with Gasteiger partial charge in [-0.1, -0.05) is 0 Å². The first kappa shape index (κ1) is 11.4. The van der Waals surface area contributed by atoms with E-state index in [1.54, 1.807) is 6.92 Å². The Morgan fingerprint density at radius 3 is 2.54 bits per heavy atom. The van der Waals surface area contributed by atoms with Crippen molar-refractivity contribution in [2.24, 2.45) is 0 Å². The standard InChI is InChI=1S/C8H12N2O3/c1-2-10(5-3-4-9)7(11)6-8(12)13/h2-3,5-6H2,1H3,(H,12,13). The smallest absolute Gasteiger partial charge is 0.312 e. The van der Waals surface area contributed by atoms with Gasteiger partial charge in [-0.05, 0) is 6.92 Å². The van der Waals surface area contributed by atoms with Crippen LogP contribution in [0.4, 0.5) is 0 Å². The minimum atomic E-state index is -1.14. The molecule has 72 valence electrons. The number of carboxylic acids is 1. The molecule has 0 rings (SSSR count). The maximum Gasteiger partial charge on any atom is 0.312 e. The van der Waals surface area contributed by atoms with Gasteiger partial charge in [-0.2, -0.15) is 5.26 Å². The molecular weight excluding hydrogens is 172 g/mol. The fourth-order valence-electron chi connectivity index (χ4n) is 0.885. The maximum absolute atomic E-state index is 11.1. The van der Waals surface area contributed by atoms with E-state index in [1.807, 2.05) is 6.07 Å². The van der Waals surface area contributed by atoms with Crippen LogP contribution in [0, 0.1) is 11.3 Å². The van der Waals surface area contributed by atoms with Gasteiger partial charge in [-0.3, -0.25) is 9.59 Å². The second-order valence-electron chi connectivity index (χ2n) is 2.45. The Morgan fingerprint density at radius 1 is 1.54 bits per heavy atom. The fraction of sp³-hybridized carbons (Fsp3) is 0.625. The summed E-state index contributed by atoms with van der Waals surface area (Å²) in [6.45, 7) is 2.49. The van der Waals surface area contributed by atoms with Crippen molar-refractivity contribution in [1.29, 1.82) is 5.26 Å². The first-order valence-electron chi connectivity index (χ1n) is 3.98. The minimum Gasteiger partial charge on any atom is -0.481 e. The zero-order chi connectivity index (χ0) is 10.3. The predicted octanol–water partition coefficient (Wildman–Crippen LogP) is 0.223. The lowest BCUT2D eigenvalue weighted by molar-refractivity contribution is -0.144. The van der Waals surface area contributed by atoms with Gasteiger partial charge in [0.2, 0.25) is 5.91 Å². The van der Waals surface area contributed by atoms with Gasteiger partial charge in [0.1, 0.15) is 6.42 Å².